The molecule has 0 saturated heterocycles. The molecule has 0 aliphatic carbocycles. The molecule has 0 fully saturated rings. The van der Waals surface area contributed by atoms with Crippen LogP contribution in [0.4, 0.5) is 5.82 Å². The summed E-state index contributed by atoms with van der Waals surface area (Å²) >= 11 is 0. The topological polar surface area (TPSA) is 53.4 Å². The zero-order valence-corrected chi connectivity index (χ0v) is 11.8. The number of pyridine rings is 1. The van der Waals surface area contributed by atoms with E-state index in [2.05, 4.69) is 23.7 Å². The molecule has 18 heavy (non-hydrogen) atoms. The lowest BCUT2D eigenvalue weighted by molar-refractivity contribution is 0.0696. The Labute approximate surface area is 109 Å². The van der Waals surface area contributed by atoms with E-state index in [0.717, 1.165) is 18.1 Å². The molecule has 4 nitrogen and oxygen atoms in total. The van der Waals surface area contributed by atoms with Crippen LogP contribution in [0.2, 0.25) is 0 Å². The maximum Gasteiger partial charge on any atom is 0.335 e. The molecule has 4 heteroatoms. The van der Waals surface area contributed by atoms with Crippen molar-refractivity contribution in [1.29, 1.82) is 0 Å². The van der Waals surface area contributed by atoms with Crippen LogP contribution in [0.5, 0.6) is 0 Å². The van der Waals surface area contributed by atoms with E-state index in [1.807, 2.05) is 20.8 Å². The first-order valence-corrected chi connectivity index (χ1v) is 6.38. The Bertz CT molecular complexity index is 428. The molecular formula is C14H22N2O2. The lowest BCUT2D eigenvalue weighted by Crippen LogP contribution is -2.31. The van der Waals surface area contributed by atoms with Gasteiger partial charge in [-0.3, -0.25) is 0 Å². The zero-order chi connectivity index (χ0) is 13.9. The van der Waals surface area contributed by atoms with E-state index in [9.17, 15) is 4.79 Å². The molecule has 1 aromatic rings. The van der Waals surface area contributed by atoms with Crippen LogP contribution in [0.25, 0.3) is 0 Å². The van der Waals surface area contributed by atoms with Crippen molar-refractivity contribution in [2.45, 2.75) is 46.6 Å². The van der Waals surface area contributed by atoms with Crippen LogP contribution in [-0.4, -0.2) is 28.6 Å². The normalized spacial score (nSPS) is 11.1. The zero-order valence-electron chi connectivity index (χ0n) is 11.8. The summed E-state index contributed by atoms with van der Waals surface area (Å²) in [6.45, 7) is 11.0. The number of anilines is 1. The van der Waals surface area contributed by atoms with Crippen LogP contribution in [0.15, 0.2) is 12.1 Å². The molecule has 0 spiro atoms. The molecule has 0 aliphatic rings. The van der Waals surface area contributed by atoms with Crippen molar-refractivity contribution in [2.24, 2.45) is 0 Å². The second kappa shape index (κ2) is 5.85. The molecule has 1 heterocycles. The molecule has 0 saturated carbocycles. The fraction of sp³-hybridized carbons (Fsp3) is 0.571. The smallest absolute Gasteiger partial charge is 0.335 e. The predicted molar refractivity (Wildman–Crippen MR) is 73.4 cm³/mol. The molecule has 0 bridgehead atoms. The quantitative estimate of drug-likeness (QED) is 0.872. The minimum atomic E-state index is -0.902. The van der Waals surface area contributed by atoms with Crippen LogP contribution in [0.1, 0.15) is 56.6 Å². The van der Waals surface area contributed by atoms with Gasteiger partial charge in [0.1, 0.15) is 5.82 Å². The lowest BCUT2D eigenvalue weighted by Gasteiger charge is -2.27. The van der Waals surface area contributed by atoms with Gasteiger partial charge in [-0.1, -0.05) is 13.8 Å². The molecule has 100 valence electrons. The van der Waals surface area contributed by atoms with Gasteiger partial charge < -0.3 is 10.0 Å². The number of carboxylic acids is 1. The van der Waals surface area contributed by atoms with E-state index in [0.29, 0.717) is 11.6 Å². The van der Waals surface area contributed by atoms with Crippen LogP contribution in [0, 0.1) is 0 Å². The van der Waals surface area contributed by atoms with Crippen molar-refractivity contribution in [1.82, 2.24) is 4.98 Å². The highest BCUT2D eigenvalue weighted by atomic mass is 16.4. The third kappa shape index (κ3) is 3.22. The Morgan fingerprint density at radius 1 is 1.33 bits per heavy atom. The van der Waals surface area contributed by atoms with Gasteiger partial charge in [-0.15, -0.1) is 0 Å². The van der Waals surface area contributed by atoms with Crippen molar-refractivity contribution in [3.05, 3.63) is 23.4 Å². The van der Waals surface area contributed by atoms with Crippen molar-refractivity contribution in [2.75, 3.05) is 11.4 Å². The number of carboxylic acid groups (broad SMARTS) is 1. The van der Waals surface area contributed by atoms with Crippen LogP contribution >= 0.6 is 0 Å². The maximum absolute atomic E-state index is 11.2. The molecule has 1 rings (SSSR count). The largest absolute Gasteiger partial charge is 0.478 e. The van der Waals surface area contributed by atoms with E-state index in [1.54, 1.807) is 12.1 Å². The lowest BCUT2D eigenvalue weighted by atomic mass is 10.1. The van der Waals surface area contributed by atoms with Crippen LogP contribution in [0.3, 0.4) is 0 Å². The Balaban J connectivity index is 3.30. The van der Waals surface area contributed by atoms with E-state index in [-0.39, 0.29) is 5.92 Å². The van der Waals surface area contributed by atoms with Gasteiger partial charge in [-0.05, 0) is 38.8 Å². The number of carbonyl (C=O) groups is 1. The van der Waals surface area contributed by atoms with Gasteiger partial charge in [-0.25, -0.2) is 9.78 Å². The SMILES string of the molecule is CCN(c1cc(C(=O)O)cc(C(C)C)n1)C(C)C. The van der Waals surface area contributed by atoms with Gasteiger partial charge in [0.2, 0.25) is 0 Å². The molecule has 0 aromatic carbocycles. The van der Waals surface area contributed by atoms with Gasteiger partial charge in [-0.2, -0.15) is 0 Å². The minimum Gasteiger partial charge on any atom is -0.478 e. The molecular weight excluding hydrogens is 228 g/mol. The number of rotatable bonds is 5. The summed E-state index contributed by atoms with van der Waals surface area (Å²) < 4.78 is 0. The summed E-state index contributed by atoms with van der Waals surface area (Å²) in [6.07, 6.45) is 0. The van der Waals surface area contributed by atoms with Crippen molar-refractivity contribution < 1.29 is 9.90 Å². The molecule has 1 aromatic heterocycles. The molecule has 0 atom stereocenters. The summed E-state index contributed by atoms with van der Waals surface area (Å²) in [7, 11) is 0. The van der Waals surface area contributed by atoms with Crippen molar-refractivity contribution in [3.63, 3.8) is 0 Å². The highest BCUT2D eigenvalue weighted by Gasteiger charge is 2.15. The van der Waals surface area contributed by atoms with Crippen molar-refractivity contribution >= 4 is 11.8 Å². The predicted octanol–water partition coefficient (Wildman–Crippen LogP) is 3.14. The van der Waals surface area contributed by atoms with Crippen LogP contribution < -0.4 is 4.90 Å². The van der Waals surface area contributed by atoms with E-state index in [4.69, 9.17) is 5.11 Å². The number of hydrogen-bond donors (Lipinski definition) is 1. The number of aromatic carboxylic acids is 1. The van der Waals surface area contributed by atoms with E-state index >= 15 is 0 Å². The maximum atomic E-state index is 11.2. The number of aromatic nitrogens is 1. The Morgan fingerprint density at radius 3 is 2.33 bits per heavy atom. The minimum absolute atomic E-state index is 0.217. The average molecular weight is 250 g/mol. The summed E-state index contributed by atoms with van der Waals surface area (Å²) in [4.78, 5) is 17.8. The third-order valence-corrected chi connectivity index (χ3v) is 2.93. The second-order valence-corrected chi connectivity index (χ2v) is 4.98. The standard InChI is InChI=1S/C14H22N2O2/c1-6-16(10(4)5)13-8-11(14(17)18)7-12(15-13)9(2)3/h7-10H,6H2,1-5H3,(H,17,18). The summed E-state index contributed by atoms with van der Waals surface area (Å²) in [6, 6.07) is 3.61. The third-order valence-electron chi connectivity index (χ3n) is 2.93. The van der Waals surface area contributed by atoms with Crippen molar-refractivity contribution in [3.8, 4) is 0 Å². The Morgan fingerprint density at radius 2 is 1.94 bits per heavy atom. The molecule has 1 N–H and O–H groups in total. The van der Waals surface area contributed by atoms with Gasteiger partial charge in [0, 0.05) is 18.3 Å². The summed E-state index contributed by atoms with van der Waals surface area (Å²) in [5.41, 5.74) is 1.13. The fourth-order valence-electron chi connectivity index (χ4n) is 1.89. The first-order valence-electron chi connectivity index (χ1n) is 6.38. The highest BCUT2D eigenvalue weighted by molar-refractivity contribution is 5.88. The number of nitrogens with zero attached hydrogens (tertiary/aromatic N) is 2. The number of hydrogen-bond acceptors (Lipinski definition) is 3. The first kappa shape index (κ1) is 14.5. The Hall–Kier alpha value is -1.58. The molecule has 0 unspecified atom stereocenters. The average Bonchev–Trinajstić information content (AvgIpc) is 2.28. The summed E-state index contributed by atoms with van der Waals surface area (Å²) in [5, 5.41) is 9.16. The summed E-state index contributed by atoms with van der Waals surface area (Å²) in [5.74, 6) is 0.0605. The van der Waals surface area contributed by atoms with E-state index in [1.165, 1.54) is 0 Å². The van der Waals surface area contributed by atoms with Gasteiger partial charge in [0.05, 0.1) is 5.56 Å². The van der Waals surface area contributed by atoms with E-state index < -0.39 is 5.97 Å². The van der Waals surface area contributed by atoms with Gasteiger partial charge in [0.15, 0.2) is 0 Å². The molecule has 0 aliphatic heterocycles. The second-order valence-electron chi connectivity index (χ2n) is 4.98. The first-order chi connectivity index (χ1) is 8.36. The van der Waals surface area contributed by atoms with Gasteiger partial charge in [0.25, 0.3) is 0 Å². The Kier molecular flexibility index (Phi) is 4.70. The monoisotopic (exact) mass is 250 g/mol. The highest BCUT2D eigenvalue weighted by Crippen LogP contribution is 2.21. The molecule has 0 radical (unpaired) electrons. The van der Waals surface area contributed by atoms with Gasteiger partial charge >= 0.3 is 5.97 Å². The fourth-order valence-corrected chi connectivity index (χ4v) is 1.89. The molecule has 0 amide bonds. The van der Waals surface area contributed by atoms with Crippen LogP contribution in [-0.2, 0) is 0 Å².